The van der Waals surface area contributed by atoms with Crippen molar-refractivity contribution < 1.29 is 9.31 Å². The van der Waals surface area contributed by atoms with Crippen molar-refractivity contribution in [1.29, 1.82) is 0 Å². The normalized spacial score (nSPS) is 25.7. The van der Waals surface area contributed by atoms with Crippen molar-refractivity contribution in [2.75, 3.05) is 6.54 Å². The first-order valence-electron chi connectivity index (χ1n) is 7.03. The average Bonchev–Trinajstić information content (AvgIpc) is 2.47. The Bertz CT molecular complexity index is 408. The van der Waals surface area contributed by atoms with Gasteiger partial charge in [0.05, 0.1) is 0 Å². The summed E-state index contributed by atoms with van der Waals surface area (Å²) < 4.78 is 13.7. The average molecular weight is 370 g/mol. The van der Waals surface area contributed by atoms with Crippen molar-refractivity contribution in [1.82, 2.24) is 4.81 Å². The molecule has 0 aromatic rings. The van der Waals surface area contributed by atoms with Crippen LogP contribution in [0, 0.1) is 0 Å². The third-order valence-electron chi connectivity index (χ3n) is 4.35. The van der Waals surface area contributed by atoms with Gasteiger partial charge in [0.25, 0.3) is 0 Å². The molecule has 0 saturated carbocycles. The second-order valence-electron chi connectivity index (χ2n) is 7.49. The number of hydrogen-bond donors (Lipinski definition) is 0. The summed E-state index contributed by atoms with van der Waals surface area (Å²) in [5.41, 5.74) is -0.530. The van der Waals surface area contributed by atoms with Gasteiger partial charge in [-0.3, -0.25) is 0 Å². The first-order chi connectivity index (χ1) is 8.53. The summed E-state index contributed by atoms with van der Waals surface area (Å²) in [4.78, 5) is 9.46. The van der Waals surface area contributed by atoms with E-state index in [2.05, 4.69) is 65.7 Å². The maximum absolute atomic E-state index is 6.06. The molecule has 0 unspecified atom stereocenters. The molecule has 0 radical (unpaired) electrons. The SMILES string of the molecule is CC1(C)OB(N2C=C[C]([Sn]([CH3])([CH3])[CH3])=CC2)OC1(C)C. The van der Waals surface area contributed by atoms with Crippen LogP contribution in [0.4, 0.5) is 0 Å². The van der Waals surface area contributed by atoms with Crippen molar-refractivity contribution >= 4 is 25.6 Å². The molecule has 2 rings (SSSR count). The standard InChI is InChI=1S/C11H17BNO2.3CH3.Sn/c1-10(2)11(3,4)15-12(14-10)13-8-6-5-7-9-13;;;;/h6-8H,9H2,1-4H3;3*1H3;. The molecule has 2 aliphatic heterocycles. The summed E-state index contributed by atoms with van der Waals surface area (Å²) in [7, 11) is -0.269. The molecular weight excluding hydrogens is 344 g/mol. The summed E-state index contributed by atoms with van der Waals surface area (Å²) in [6.07, 6.45) is 6.74. The maximum atomic E-state index is 6.06. The molecule has 19 heavy (non-hydrogen) atoms. The number of hydrogen-bond acceptors (Lipinski definition) is 3. The van der Waals surface area contributed by atoms with Crippen LogP contribution in [-0.2, 0) is 9.31 Å². The monoisotopic (exact) mass is 371 g/mol. The number of rotatable bonds is 2. The molecule has 2 aliphatic rings. The summed E-state index contributed by atoms with van der Waals surface area (Å²) in [5.74, 6) is 0. The fourth-order valence-electron chi connectivity index (χ4n) is 2.17. The van der Waals surface area contributed by atoms with Crippen molar-refractivity contribution in [2.45, 2.75) is 53.7 Å². The quantitative estimate of drug-likeness (QED) is 0.698. The van der Waals surface area contributed by atoms with Gasteiger partial charge in [0.1, 0.15) is 0 Å². The van der Waals surface area contributed by atoms with Gasteiger partial charge in [-0.05, 0) is 0 Å². The zero-order valence-corrected chi connectivity index (χ0v) is 16.1. The molecule has 3 nitrogen and oxygen atoms in total. The molecule has 0 N–H and O–H groups in total. The van der Waals surface area contributed by atoms with E-state index in [1.165, 1.54) is 0 Å². The zero-order valence-electron chi connectivity index (χ0n) is 13.3. The van der Waals surface area contributed by atoms with Crippen LogP contribution in [0.5, 0.6) is 0 Å². The Labute approximate surface area is 122 Å². The third-order valence-corrected chi connectivity index (χ3v) is 10.3. The van der Waals surface area contributed by atoms with Crippen molar-refractivity contribution in [3.05, 3.63) is 21.9 Å². The van der Waals surface area contributed by atoms with Crippen molar-refractivity contribution in [3.63, 3.8) is 0 Å². The molecule has 0 aromatic heterocycles. The first-order valence-corrected chi connectivity index (χ1v) is 17.0. The van der Waals surface area contributed by atoms with E-state index < -0.39 is 18.4 Å². The predicted molar refractivity (Wildman–Crippen MR) is 83.4 cm³/mol. The minimum absolute atomic E-state index is 0.265. The Morgan fingerprint density at radius 1 is 1.11 bits per heavy atom. The number of nitrogens with zero attached hydrogens (tertiary/aromatic N) is 1. The van der Waals surface area contributed by atoms with Gasteiger partial charge in [-0.2, -0.15) is 0 Å². The molecule has 1 saturated heterocycles. The molecule has 0 aromatic carbocycles. The molecule has 0 bridgehead atoms. The molecule has 106 valence electrons. The van der Waals surface area contributed by atoms with Gasteiger partial charge in [0.2, 0.25) is 0 Å². The topological polar surface area (TPSA) is 21.7 Å². The van der Waals surface area contributed by atoms with E-state index in [4.69, 9.17) is 9.31 Å². The molecule has 0 aliphatic carbocycles. The summed E-state index contributed by atoms with van der Waals surface area (Å²) >= 11 is -1.94. The predicted octanol–water partition coefficient (Wildman–Crippen LogP) is 3.21. The fraction of sp³-hybridized carbons (Fsp3) is 0.714. The second kappa shape index (κ2) is 4.81. The van der Waals surface area contributed by atoms with Crippen LogP contribution in [0.25, 0.3) is 0 Å². The fourth-order valence-corrected chi connectivity index (χ4v) is 5.82. The van der Waals surface area contributed by atoms with Crippen molar-refractivity contribution in [2.24, 2.45) is 0 Å². The van der Waals surface area contributed by atoms with E-state index >= 15 is 0 Å². The van der Waals surface area contributed by atoms with Gasteiger partial charge in [-0.15, -0.1) is 0 Å². The van der Waals surface area contributed by atoms with Crippen LogP contribution in [0.3, 0.4) is 0 Å². The minimum atomic E-state index is -1.94. The Morgan fingerprint density at radius 3 is 2.00 bits per heavy atom. The van der Waals surface area contributed by atoms with Gasteiger partial charge < -0.3 is 0 Å². The van der Waals surface area contributed by atoms with E-state index in [0.29, 0.717) is 0 Å². The molecule has 2 heterocycles. The number of allylic oxidation sites excluding steroid dienone is 2. The Morgan fingerprint density at radius 2 is 1.63 bits per heavy atom. The summed E-state index contributed by atoms with van der Waals surface area (Å²) in [6, 6.07) is 0. The van der Waals surface area contributed by atoms with E-state index in [9.17, 15) is 0 Å². The molecule has 1 fully saturated rings. The van der Waals surface area contributed by atoms with Crippen LogP contribution in [-0.4, -0.2) is 48.2 Å². The van der Waals surface area contributed by atoms with Crippen LogP contribution in [0.1, 0.15) is 27.7 Å². The van der Waals surface area contributed by atoms with E-state index in [0.717, 1.165) is 6.54 Å². The van der Waals surface area contributed by atoms with Gasteiger partial charge >= 0.3 is 122 Å². The second-order valence-corrected chi connectivity index (χ2v) is 22.0. The van der Waals surface area contributed by atoms with Gasteiger partial charge in [-0.1, -0.05) is 0 Å². The molecule has 0 spiro atoms. The van der Waals surface area contributed by atoms with Crippen LogP contribution >= 0.6 is 0 Å². The molecular formula is C14H26BNO2Sn. The van der Waals surface area contributed by atoms with Crippen LogP contribution < -0.4 is 0 Å². The molecule has 0 amide bonds. The Kier molecular flexibility index (Phi) is 3.91. The van der Waals surface area contributed by atoms with Gasteiger partial charge in [0, 0.05) is 0 Å². The van der Waals surface area contributed by atoms with E-state index in [1.54, 1.807) is 3.59 Å². The van der Waals surface area contributed by atoms with Gasteiger partial charge in [0.15, 0.2) is 0 Å². The summed E-state index contributed by atoms with van der Waals surface area (Å²) in [6.45, 7) is 9.25. The van der Waals surface area contributed by atoms with Crippen LogP contribution in [0.15, 0.2) is 21.9 Å². The van der Waals surface area contributed by atoms with Crippen LogP contribution in [0.2, 0.25) is 14.8 Å². The third kappa shape index (κ3) is 3.05. The zero-order chi connectivity index (χ0) is 14.5. The van der Waals surface area contributed by atoms with E-state index in [1.807, 2.05) is 0 Å². The molecule has 5 heteroatoms. The van der Waals surface area contributed by atoms with Crippen molar-refractivity contribution in [3.8, 4) is 0 Å². The Hall–Kier alpha value is 0.0636. The first kappa shape index (κ1) is 15.5. The van der Waals surface area contributed by atoms with E-state index in [-0.39, 0.29) is 18.5 Å². The molecule has 0 atom stereocenters. The Balaban J connectivity index is 2.06. The van der Waals surface area contributed by atoms with Gasteiger partial charge in [-0.25, -0.2) is 0 Å². The summed E-state index contributed by atoms with van der Waals surface area (Å²) in [5, 5.41) is 0.